The van der Waals surface area contributed by atoms with Crippen molar-refractivity contribution in [1.82, 2.24) is 14.9 Å². The van der Waals surface area contributed by atoms with Gasteiger partial charge in [0.2, 0.25) is 5.91 Å². The van der Waals surface area contributed by atoms with E-state index in [1.807, 2.05) is 23.1 Å². The number of H-pyrrole nitrogens is 1. The highest BCUT2D eigenvalue weighted by molar-refractivity contribution is 5.77. The van der Waals surface area contributed by atoms with E-state index in [-0.39, 0.29) is 12.5 Å². The molecule has 1 aromatic carbocycles. The van der Waals surface area contributed by atoms with Crippen LogP contribution in [0.2, 0.25) is 0 Å². The summed E-state index contributed by atoms with van der Waals surface area (Å²) in [6.07, 6.45) is 6.94. The minimum Gasteiger partial charge on any atom is -0.368 e. The standard InChI is InChI=1S/C19H25N3O2/c23-18(13-24-15-5-1-2-6-15)22-11-9-14(10-12-22)19-20-16-7-3-4-8-17(16)21-19/h3-4,7-8,14-15H,1-2,5-6,9-13H2,(H,20,21). The van der Waals surface area contributed by atoms with Gasteiger partial charge in [-0.05, 0) is 37.8 Å². The maximum Gasteiger partial charge on any atom is 0.248 e. The zero-order valence-electron chi connectivity index (χ0n) is 14.0. The molecular weight excluding hydrogens is 302 g/mol. The lowest BCUT2D eigenvalue weighted by Gasteiger charge is -2.31. The van der Waals surface area contributed by atoms with Crippen molar-refractivity contribution in [3.63, 3.8) is 0 Å². The fourth-order valence-electron chi connectivity index (χ4n) is 3.90. The Labute approximate surface area is 142 Å². The maximum absolute atomic E-state index is 12.3. The van der Waals surface area contributed by atoms with Crippen LogP contribution in [-0.4, -0.2) is 46.6 Å². The third-order valence-corrected chi connectivity index (χ3v) is 5.39. The van der Waals surface area contributed by atoms with Crippen LogP contribution in [0.5, 0.6) is 0 Å². The summed E-state index contributed by atoms with van der Waals surface area (Å²) in [5.74, 6) is 1.62. The number of imidazole rings is 1. The molecule has 5 heteroatoms. The molecule has 1 aromatic heterocycles. The van der Waals surface area contributed by atoms with Crippen molar-refractivity contribution in [3.8, 4) is 0 Å². The molecule has 5 nitrogen and oxygen atoms in total. The maximum atomic E-state index is 12.3. The largest absolute Gasteiger partial charge is 0.368 e. The molecule has 1 amide bonds. The number of carbonyl (C=O) groups excluding carboxylic acids is 1. The third-order valence-electron chi connectivity index (χ3n) is 5.39. The number of nitrogens with one attached hydrogen (secondary N) is 1. The molecule has 0 radical (unpaired) electrons. The molecule has 4 rings (SSSR count). The van der Waals surface area contributed by atoms with E-state index < -0.39 is 0 Å². The van der Waals surface area contributed by atoms with Gasteiger partial charge < -0.3 is 14.6 Å². The second-order valence-corrected chi connectivity index (χ2v) is 7.01. The molecule has 24 heavy (non-hydrogen) atoms. The zero-order chi connectivity index (χ0) is 16.4. The average Bonchev–Trinajstić information content (AvgIpc) is 3.29. The molecule has 1 aliphatic carbocycles. The van der Waals surface area contributed by atoms with E-state index in [1.54, 1.807) is 0 Å². The van der Waals surface area contributed by atoms with Crippen LogP contribution >= 0.6 is 0 Å². The summed E-state index contributed by atoms with van der Waals surface area (Å²) in [4.78, 5) is 22.4. The Kier molecular flexibility index (Phi) is 4.52. The van der Waals surface area contributed by atoms with Crippen molar-refractivity contribution in [2.45, 2.75) is 50.5 Å². The number of amides is 1. The fraction of sp³-hybridized carbons (Fsp3) is 0.579. The first-order chi connectivity index (χ1) is 11.8. The first-order valence-corrected chi connectivity index (χ1v) is 9.13. The summed E-state index contributed by atoms with van der Waals surface area (Å²) in [5, 5.41) is 0. The normalized spacial score (nSPS) is 20.1. The predicted octanol–water partition coefficient (Wildman–Crippen LogP) is 3.23. The number of rotatable bonds is 4. The highest BCUT2D eigenvalue weighted by Crippen LogP contribution is 2.28. The van der Waals surface area contributed by atoms with Gasteiger partial charge in [0, 0.05) is 19.0 Å². The van der Waals surface area contributed by atoms with Gasteiger partial charge >= 0.3 is 0 Å². The molecule has 2 aromatic rings. The van der Waals surface area contributed by atoms with Crippen LogP contribution in [0.25, 0.3) is 11.0 Å². The Morgan fingerprint density at radius 3 is 2.67 bits per heavy atom. The van der Waals surface area contributed by atoms with Gasteiger partial charge in [-0.2, -0.15) is 0 Å². The minimum atomic E-state index is 0.143. The topological polar surface area (TPSA) is 58.2 Å². The van der Waals surface area contributed by atoms with Crippen LogP contribution in [0.1, 0.15) is 50.3 Å². The Balaban J connectivity index is 1.30. The number of carbonyl (C=O) groups is 1. The average molecular weight is 327 g/mol. The van der Waals surface area contributed by atoms with Gasteiger partial charge in [0.15, 0.2) is 0 Å². The van der Waals surface area contributed by atoms with E-state index in [9.17, 15) is 4.79 Å². The molecular formula is C19H25N3O2. The highest BCUT2D eigenvalue weighted by atomic mass is 16.5. The third kappa shape index (κ3) is 3.31. The van der Waals surface area contributed by atoms with Crippen LogP contribution in [0.3, 0.4) is 0 Å². The summed E-state index contributed by atoms with van der Waals surface area (Å²) in [6, 6.07) is 8.13. The van der Waals surface area contributed by atoms with Crippen LogP contribution in [-0.2, 0) is 9.53 Å². The molecule has 2 aliphatic rings. The van der Waals surface area contributed by atoms with Crippen LogP contribution in [0.4, 0.5) is 0 Å². The van der Waals surface area contributed by atoms with Crippen molar-refractivity contribution in [1.29, 1.82) is 0 Å². The smallest absolute Gasteiger partial charge is 0.248 e. The van der Waals surface area contributed by atoms with Gasteiger partial charge in [-0.15, -0.1) is 0 Å². The lowest BCUT2D eigenvalue weighted by atomic mass is 9.96. The van der Waals surface area contributed by atoms with Crippen molar-refractivity contribution in [2.24, 2.45) is 0 Å². The number of likely N-dealkylation sites (tertiary alicyclic amines) is 1. The van der Waals surface area contributed by atoms with Gasteiger partial charge in [0.25, 0.3) is 0 Å². The van der Waals surface area contributed by atoms with E-state index in [4.69, 9.17) is 9.72 Å². The molecule has 1 N–H and O–H groups in total. The molecule has 0 atom stereocenters. The van der Waals surface area contributed by atoms with Crippen molar-refractivity contribution < 1.29 is 9.53 Å². The first-order valence-electron chi connectivity index (χ1n) is 9.13. The predicted molar refractivity (Wildman–Crippen MR) is 92.9 cm³/mol. The number of fused-ring (bicyclic) bond motifs is 1. The lowest BCUT2D eigenvalue weighted by molar-refractivity contribution is -0.139. The number of aromatic nitrogens is 2. The number of para-hydroxylation sites is 2. The van der Waals surface area contributed by atoms with E-state index in [0.717, 1.165) is 55.6 Å². The number of nitrogens with zero attached hydrogens (tertiary/aromatic N) is 2. The molecule has 0 bridgehead atoms. The zero-order valence-corrected chi connectivity index (χ0v) is 14.0. The van der Waals surface area contributed by atoms with E-state index in [0.29, 0.717) is 12.0 Å². The highest BCUT2D eigenvalue weighted by Gasteiger charge is 2.26. The second kappa shape index (κ2) is 6.93. The summed E-state index contributed by atoms with van der Waals surface area (Å²) >= 11 is 0. The number of ether oxygens (including phenoxy) is 1. The number of hydrogen-bond acceptors (Lipinski definition) is 3. The Morgan fingerprint density at radius 2 is 1.92 bits per heavy atom. The molecule has 0 spiro atoms. The summed E-state index contributed by atoms with van der Waals surface area (Å²) in [6.45, 7) is 1.85. The SMILES string of the molecule is O=C(COC1CCCC1)N1CCC(c2nc3ccccc3[nH]2)CC1. The Hall–Kier alpha value is -1.88. The first kappa shape index (κ1) is 15.6. The quantitative estimate of drug-likeness (QED) is 0.938. The summed E-state index contributed by atoms with van der Waals surface area (Å²) < 4.78 is 5.76. The monoisotopic (exact) mass is 327 g/mol. The number of aromatic amines is 1. The molecule has 1 saturated heterocycles. The van der Waals surface area contributed by atoms with E-state index >= 15 is 0 Å². The van der Waals surface area contributed by atoms with Crippen molar-refractivity contribution in [2.75, 3.05) is 19.7 Å². The van der Waals surface area contributed by atoms with Crippen molar-refractivity contribution >= 4 is 16.9 Å². The molecule has 128 valence electrons. The summed E-state index contributed by atoms with van der Waals surface area (Å²) in [5.41, 5.74) is 2.12. The lowest BCUT2D eigenvalue weighted by Crippen LogP contribution is -2.40. The van der Waals surface area contributed by atoms with Gasteiger partial charge in [-0.25, -0.2) is 4.98 Å². The van der Waals surface area contributed by atoms with Crippen LogP contribution in [0.15, 0.2) is 24.3 Å². The Bertz CT molecular complexity index is 664. The number of hydrogen-bond donors (Lipinski definition) is 1. The van der Waals surface area contributed by atoms with Gasteiger partial charge in [0.05, 0.1) is 17.1 Å². The molecule has 2 fully saturated rings. The number of piperidine rings is 1. The van der Waals surface area contributed by atoms with E-state index in [2.05, 4.69) is 11.1 Å². The second-order valence-electron chi connectivity index (χ2n) is 7.01. The molecule has 2 heterocycles. The van der Waals surface area contributed by atoms with Crippen LogP contribution < -0.4 is 0 Å². The van der Waals surface area contributed by atoms with E-state index in [1.165, 1.54) is 12.8 Å². The van der Waals surface area contributed by atoms with Crippen LogP contribution in [0, 0.1) is 0 Å². The minimum absolute atomic E-state index is 0.143. The molecule has 1 saturated carbocycles. The van der Waals surface area contributed by atoms with Gasteiger partial charge in [-0.1, -0.05) is 25.0 Å². The fourth-order valence-corrected chi connectivity index (χ4v) is 3.90. The Morgan fingerprint density at radius 1 is 1.17 bits per heavy atom. The van der Waals surface area contributed by atoms with Gasteiger partial charge in [0.1, 0.15) is 12.4 Å². The van der Waals surface area contributed by atoms with Gasteiger partial charge in [-0.3, -0.25) is 4.79 Å². The number of benzene rings is 1. The molecule has 0 unspecified atom stereocenters. The van der Waals surface area contributed by atoms with Crippen molar-refractivity contribution in [3.05, 3.63) is 30.1 Å². The molecule has 1 aliphatic heterocycles. The summed E-state index contributed by atoms with van der Waals surface area (Å²) in [7, 11) is 0.